The molecule has 12 heteroatoms. The van der Waals surface area contributed by atoms with Crippen molar-refractivity contribution in [1.29, 1.82) is 0 Å². The monoisotopic (exact) mass is 454 g/mol. The molecule has 3 N–H and O–H groups in total. The number of sulfonamides is 1. The first-order chi connectivity index (χ1) is 12.7. The fraction of sp³-hybridized carbons (Fsp3) is 0.118. The molecule has 1 radical (unpaired) electrons. The van der Waals surface area contributed by atoms with Crippen LogP contribution in [0.1, 0.15) is 11.3 Å². The molecule has 0 fully saturated rings. The van der Waals surface area contributed by atoms with Gasteiger partial charge in [-0.3, -0.25) is 4.79 Å². The predicted octanol–water partition coefficient (Wildman–Crippen LogP) is 1.37. The molecule has 0 atom stereocenters. The van der Waals surface area contributed by atoms with E-state index in [4.69, 9.17) is 5.14 Å². The van der Waals surface area contributed by atoms with Crippen LogP contribution in [0.4, 0.5) is 11.4 Å². The summed E-state index contributed by atoms with van der Waals surface area (Å²) in [5.74, 6) is -0.672. The van der Waals surface area contributed by atoms with Gasteiger partial charge in [0.15, 0.2) is 0 Å². The van der Waals surface area contributed by atoms with Crippen LogP contribution in [-0.2, 0) is 27.4 Å². The van der Waals surface area contributed by atoms with E-state index in [1.165, 1.54) is 17.7 Å². The first-order valence-electron chi connectivity index (χ1n) is 7.76. The summed E-state index contributed by atoms with van der Waals surface area (Å²) in [4.78, 5) is 12.2. The fourth-order valence-corrected chi connectivity index (χ4v) is 3.28. The van der Waals surface area contributed by atoms with Gasteiger partial charge in [0, 0.05) is 5.69 Å². The molecular formula is C17H16CrN5O5S. The number of hydrogen-bond donors (Lipinski definition) is 1. The van der Waals surface area contributed by atoms with E-state index in [2.05, 4.69) is 15.3 Å². The molecule has 0 aliphatic carbocycles. The van der Waals surface area contributed by atoms with Gasteiger partial charge in [-0.15, -0.1) is 10.8 Å². The molecule has 151 valence electrons. The van der Waals surface area contributed by atoms with Crippen LogP contribution >= 0.6 is 0 Å². The third-order valence-electron chi connectivity index (χ3n) is 3.81. The van der Waals surface area contributed by atoms with Crippen molar-refractivity contribution in [2.24, 2.45) is 15.4 Å². The summed E-state index contributed by atoms with van der Waals surface area (Å²) in [7, 11) is -4.02. The van der Waals surface area contributed by atoms with Crippen molar-refractivity contribution in [1.82, 2.24) is 9.78 Å². The molecule has 0 bridgehead atoms. The summed E-state index contributed by atoms with van der Waals surface area (Å²) in [5.41, 5.74) is 0.582. The van der Waals surface area contributed by atoms with Gasteiger partial charge in [-0.2, -0.15) is 5.11 Å². The van der Waals surface area contributed by atoms with Crippen LogP contribution in [0.25, 0.3) is 5.69 Å². The maximum Gasteiger partial charge on any atom is 3.00 e. The second-order valence-electron chi connectivity index (χ2n) is 5.82. The zero-order chi connectivity index (χ0) is 19.8. The summed E-state index contributed by atoms with van der Waals surface area (Å²) >= 11 is 0. The standard InChI is InChI=1S/C17H17N5O4S.Cr.H2O/c1-10-8-13(14(23)9-15(10)27(18,25)26)19-20-16-11(2)21-22(17(16)24)12-6-4-3-5-7-12;;/h3-9H,1-2H3,(H4,18,19,20,21,23,24,25,26);;1H2/q;+3;/p-3. The molecule has 0 aliphatic heterocycles. The quantitative estimate of drug-likeness (QED) is 0.582. The molecule has 3 rings (SSSR count). The van der Waals surface area contributed by atoms with Gasteiger partial charge in [0.1, 0.15) is 5.69 Å². The Morgan fingerprint density at radius 2 is 1.72 bits per heavy atom. The largest absolute Gasteiger partial charge is 3.00 e. The third-order valence-corrected chi connectivity index (χ3v) is 4.86. The number of nitrogens with two attached hydrogens (primary N) is 1. The molecule has 10 nitrogen and oxygen atoms in total. The van der Waals surface area contributed by atoms with Crippen molar-refractivity contribution in [2.45, 2.75) is 18.7 Å². The number of nitrogens with zero attached hydrogens (tertiary/aromatic N) is 4. The molecule has 0 spiro atoms. The van der Waals surface area contributed by atoms with Gasteiger partial charge in [0.2, 0.25) is 10.0 Å². The van der Waals surface area contributed by atoms with E-state index in [-0.39, 0.29) is 44.7 Å². The summed E-state index contributed by atoms with van der Waals surface area (Å²) in [6.07, 6.45) is 0. The summed E-state index contributed by atoms with van der Waals surface area (Å²) in [5, 5.41) is 29.0. The van der Waals surface area contributed by atoms with Crippen molar-refractivity contribution >= 4 is 21.4 Å². The number of aryl methyl sites for hydroxylation is 2. The number of azo groups is 1. The fourth-order valence-electron chi connectivity index (χ4n) is 2.50. The minimum absolute atomic E-state index is 0. The van der Waals surface area contributed by atoms with Crippen molar-refractivity contribution in [3.63, 3.8) is 0 Å². The van der Waals surface area contributed by atoms with Crippen LogP contribution in [0, 0.1) is 13.8 Å². The molecule has 0 saturated heterocycles. The number of rotatable bonds is 4. The van der Waals surface area contributed by atoms with Crippen molar-refractivity contribution in [3.05, 3.63) is 64.1 Å². The van der Waals surface area contributed by atoms with Crippen LogP contribution in [-0.4, -0.2) is 18.6 Å². The van der Waals surface area contributed by atoms with Gasteiger partial charge in [0.25, 0.3) is 5.56 Å². The summed E-state index contributed by atoms with van der Waals surface area (Å²) in [6.45, 7) is 3.08. The molecule has 3 aromatic rings. The Bertz CT molecular complexity index is 1200. The topological polar surface area (TPSA) is 174 Å². The maximum atomic E-state index is 12.5. The second kappa shape index (κ2) is 9.17. The van der Waals surface area contributed by atoms with E-state index < -0.39 is 21.3 Å². The molecular weight excluding hydrogens is 438 g/mol. The molecule has 0 saturated carbocycles. The number of aromatic nitrogens is 2. The van der Waals surface area contributed by atoms with Gasteiger partial charge in [-0.25, -0.2) is 13.6 Å². The van der Waals surface area contributed by atoms with E-state index in [1.807, 2.05) is 6.07 Å². The summed E-state index contributed by atoms with van der Waals surface area (Å²) in [6, 6.07) is 10.9. The first-order valence-corrected chi connectivity index (χ1v) is 9.31. The summed E-state index contributed by atoms with van der Waals surface area (Å²) < 4.78 is 24.1. The smallest absolute Gasteiger partial charge is 0.871 e. The third kappa shape index (κ3) is 5.00. The van der Waals surface area contributed by atoms with E-state index in [0.29, 0.717) is 11.4 Å². The van der Waals surface area contributed by atoms with Crippen LogP contribution in [0.5, 0.6) is 5.75 Å². The van der Waals surface area contributed by atoms with Crippen LogP contribution in [0.15, 0.2) is 62.4 Å². The Kier molecular flexibility index (Phi) is 7.68. The molecule has 0 amide bonds. The normalized spacial score (nSPS) is 11.1. The van der Waals surface area contributed by atoms with E-state index in [0.717, 1.165) is 6.07 Å². The Balaban J connectivity index is 0.00000210. The maximum absolute atomic E-state index is 12.5. The van der Waals surface area contributed by atoms with Gasteiger partial charge in [-0.1, -0.05) is 30.9 Å². The molecule has 0 aliphatic rings. The minimum Gasteiger partial charge on any atom is -0.871 e. The zero-order valence-electron chi connectivity index (χ0n) is 15.3. The Labute approximate surface area is 177 Å². The average Bonchev–Trinajstić information content (AvgIpc) is 2.89. The van der Waals surface area contributed by atoms with Crippen molar-refractivity contribution in [2.75, 3.05) is 0 Å². The van der Waals surface area contributed by atoms with E-state index in [1.54, 1.807) is 31.2 Å². The van der Waals surface area contributed by atoms with Gasteiger partial charge < -0.3 is 20.4 Å². The van der Waals surface area contributed by atoms with Crippen molar-refractivity contribution < 1.29 is 36.4 Å². The van der Waals surface area contributed by atoms with Crippen LogP contribution in [0.3, 0.4) is 0 Å². The van der Waals surface area contributed by atoms with Crippen LogP contribution in [0.2, 0.25) is 0 Å². The SMILES string of the molecule is Cc1cc(N=Nc2c(C)[n-]n(-c3ccccc3)c2=O)c([O-])cc1S(N)(=O)=O.[Cr+3].[OH-]. The van der Waals surface area contributed by atoms with Gasteiger partial charge in [0.05, 0.1) is 10.6 Å². The van der Waals surface area contributed by atoms with Gasteiger partial charge >= 0.3 is 17.4 Å². The molecule has 1 aromatic heterocycles. The minimum atomic E-state index is -4.02. The number of benzene rings is 2. The Hall–Kier alpha value is -2.75. The number of primary sulfonamides is 1. The van der Waals surface area contributed by atoms with E-state index in [9.17, 15) is 18.3 Å². The predicted molar refractivity (Wildman–Crippen MR) is 98.2 cm³/mol. The Morgan fingerprint density at radius 1 is 1.10 bits per heavy atom. The number of para-hydroxylation sites is 1. The van der Waals surface area contributed by atoms with Crippen LogP contribution < -0.4 is 20.9 Å². The zero-order valence-corrected chi connectivity index (χ0v) is 17.4. The van der Waals surface area contributed by atoms with E-state index >= 15 is 0 Å². The molecule has 2 aromatic carbocycles. The van der Waals surface area contributed by atoms with Crippen molar-refractivity contribution in [3.8, 4) is 11.4 Å². The second-order valence-corrected chi connectivity index (χ2v) is 7.35. The first kappa shape index (κ1) is 24.3. The van der Waals surface area contributed by atoms with Gasteiger partial charge in [-0.05, 0) is 36.8 Å². The average molecular weight is 454 g/mol. The Morgan fingerprint density at radius 3 is 2.31 bits per heavy atom. The molecule has 0 unspecified atom stereocenters. The number of hydrogen-bond acceptors (Lipinski definition) is 7. The molecule has 29 heavy (non-hydrogen) atoms. The molecule has 1 heterocycles.